The Morgan fingerprint density at radius 1 is 1.28 bits per heavy atom. The van der Waals surface area contributed by atoms with E-state index in [4.69, 9.17) is 11.6 Å². The van der Waals surface area contributed by atoms with Gasteiger partial charge < -0.3 is 5.32 Å². The molecule has 0 atom stereocenters. The summed E-state index contributed by atoms with van der Waals surface area (Å²) in [5.41, 5.74) is -0.470. The molecular weight excluding hydrogens is 352 g/mol. The topological polar surface area (TPSA) is 82.2 Å². The number of aromatic nitrogens is 2. The van der Waals surface area contributed by atoms with Crippen LogP contribution in [0.5, 0.6) is 0 Å². The summed E-state index contributed by atoms with van der Waals surface area (Å²) in [5.74, 6) is -0.203. The van der Waals surface area contributed by atoms with Crippen LogP contribution in [-0.4, -0.2) is 27.6 Å². The van der Waals surface area contributed by atoms with Crippen LogP contribution in [0, 0.1) is 0 Å². The number of benzene rings is 1. The van der Waals surface area contributed by atoms with Crippen molar-refractivity contribution in [2.45, 2.75) is 32.7 Å². The van der Waals surface area contributed by atoms with Crippen molar-refractivity contribution < 1.29 is 13.6 Å². The van der Waals surface area contributed by atoms with Crippen LogP contribution in [-0.2, 0) is 0 Å². The largest absolute Gasteiger partial charge is 0.309 e. The van der Waals surface area contributed by atoms with Gasteiger partial charge in [-0.1, -0.05) is 11.6 Å². The van der Waals surface area contributed by atoms with Gasteiger partial charge in [-0.3, -0.25) is 15.2 Å². The zero-order valence-electron chi connectivity index (χ0n) is 13.9. The Morgan fingerprint density at radius 2 is 1.92 bits per heavy atom. The molecule has 25 heavy (non-hydrogen) atoms. The summed E-state index contributed by atoms with van der Waals surface area (Å²) in [6.07, 6.45) is -2.67. The van der Waals surface area contributed by atoms with Crippen molar-refractivity contribution in [3.8, 4) is 0 Å². The molecule has 0 aliphatic carbocycles. The lowest BCUT2D eigenvalue weighted by molar-refractivity contribution is 0.0976. The fraction of sp³-hybridized carbons (Fsp3) is 0.312. The van der Waals surface area contributed by atoms with E-state index >= 15 is 0 Å². The van der Waals surface area contributed by atoms with E-state index in [1.54, 1.807) is 24.3 Å². The zero-order valence-corrected chi connectivity index (χ0v) is 14.7. The molecule has 0 unspecified atom stereocenters. The molecule has 0 radical (unpaired) electrons. The number of carbonyl (C=O) groups is 1. The summed E-state index contributed by atoms with van der Waals surface area (Å²) in [5, 5.41) is 11.8. The normalized spacial score (nSPS) is 12.4. The van der Waals surface area contributed by atoms with E-state index in [1.807, 2.05) is 20.8 Å². The van der Waals surface area contributed by atoms with Crippen LogP contribution in [0.1, 0.15) is 43.2 Å². The molecule has 0 bridgehead atoms. The van der Waals surface area contributed by atoms with Gasteiger partial charge in [0.05, 0.1) is 5.54 Å². The van der Waals surface area contributed by atoms with Gasteiger partial charge in [0.2, 0.25) is 5.96 Å². The molecule has 1 heterocycles. The third kappa shape index (κ3) is 5.82. The van der Waals surface area contributed by atoms with Crippen molar-refractivity contribution in [3.05, 3.63) is 46.6 Å². The number of aliphatic imine (C=N–C) groups is 1. The van der Waals surface area contributed by atoms with E-state index in [-0.39, 0.29) is 17.5 Å². The molecule has 2 aromatic rings. The molecule has 1 amide bonds. The average Bonchev–Trinajstić information content (AvgIpc) is 2.94. The first-order chi connectivity index (χ1) is 11.6. The molecule has 3 N–H and O–H groups in total. The van der Waals surface area contributed by atoms with Crippen LogP contribution in [0.15, 0.2) is 35.3 Å². The number of nitrogens with zero attached hydrogens (tertiary/aromatic N) is 2. The van der Waals surface area contributed by atoms with Crippen molar-refractivity contribution in [2.24, 2.45) is 4.99 Å². The van der Waals surface area contributed by atoms with Crippen molar-refractivity contribution in [1.29, 1.82) is 0 Å². The maximum Gasteiger partial charge on any atom is 0.279 e. The van der Waals surface area contributed by atoms with Gasteiger partial charge in [0.1, 0.15) is 5.69 Å². The maximum absolute atomic E-state index is 12.6. The molecule has 0 aliphatic heterocycles. The van der Waals surface area contributed by atoms with Crippen molar-refractivity contribution in [3.63, 3.8) is 0 Å². The molecule has 0 aliphatic rings. The summed E-state index contributed by atoms with van der Waals surface area (Å²) in [6, 6.07) is 7.46. The lowest BCUT2D eigenvalue weighted by atomic mass is 10.1. The molecule has 134 valence electrons. The number of H-pyrrole nitrogens is 1. The first kappa shape index (κ1) is 18.9. The number of nitrogens with one attached hydrogen (secondary N) is 3. The minimum Gasteiger partial charge on any atom is -0.309 e. The number of guanidine groups is 1. The molecule has 9 heteroatoms. The molecule has 1 aromatic heterocycles. The average molecular weight is 370 g/mol. The second-order valence-electron chi connectivity index (χ2n) is 6.23. The number of carbonyl (C=O) groups excluding carboxylic acids is 1. The molecule has 2 rings (SSSR count). The van der Waals surface area contributed by atoms with Gasteiger partial charge in [-0.05, 0) is 45.0 Å². The van der Waals surface area contributed by atoms with Crippen molar-refractivity contribution in [2.75, 3.05) is 5.32 Å². The van der Waals surface area contributed by atoms with E-state index in [2.05, 4.69) is 25.8 Å². The van der Waals surface area contributed by atoms with E-state index in [9.17, 15) is 13.6 Å². The molecule has 6 nitrogen and oxygen atoms in total. The number of anilines is 1. The molecule has 0 saturated carbocycles. The van der Waals surface area contributed by atoms with E-state index < -0.39 is 17.9 Å². The minimum absolute atomic E-state index is 0.0970. The summed E-state index contributed by atoms with van der Waals surface area (Å²) in [7, 11) is 0. The van der Waals surface area contributed by atoms with Crippen LogP contribution in [0.2, 0.25) is 5.02 Å². The Balaban J connectivity index is 2.19. The number of hydrogen-bond acceptors (Lipinski definition) is 3. The molecule has 1 aromatic carbocycles. The number of amides is 1. The summed E-state index contributed by atoms with van der Waals surface area (Å²) in [6.45, 7) is 5.49. The second kappa shape index (κ2) is 7.60. The van der Waals surface area contributed by atoms with Crippen LogP contribution in [0.4, 0.5) is 14.6 Å². The monoisotopic (exact) mass is 369 g/mol. The number of hydrogen-bond donors (Lipinski definition) is 3. The highest BCUT2D eigenvalue weighted by Crippen LogP contribution is 2.19. The first-order valence-electron chi connectivity index (χ1n) is 7.41. The predicted molar refractivity (Wildman–Crippen MR) is 93.3 cm³/mol. The zero-order chi connectivity index (χ0) is 18.6. The number of halogens is 3. The highest BCUT2D eigenvalue weighted by Gasteiger charge is 2.16. The van der Waals surface area contributed by atoms with Crippen molar-refractivity contribution in [1.82, 2.24) is 15.5 Å². The fourth-order valence-corrected chi connectivity index (χ4v) is 1.96. The Bertz CT molecular complexity index is 766. The smallest absolute Gasteiger partial charge is 0.279 e. The predicted octanol–water partition coefficient (Wildman–Crippen LogP) is 4.00. The molecule has 0 spiro atoms. The van der Waals surface area contributed by atoms with Crippen LogP contribution >= 0.6 is 11.6 Å². The highest BCUT2D eigenvalue weighted by molar-refractivity contribution is 6.30. The van der Waals surface area contributed by atoms with Gasteiger partial charge in [-0.25, -0.2) is 13.8 Å². The van der Waals surface area contributed by atoms with Crippen LogP contribution < -0.4 is 10.6 Å². The SMILES string of the molecule is CC(C)(C)N=C(NC(=O)c1ccc(Cl)cc1)Nc1cc(C(F)F)[nH]n1. The summed E-state index contributed by atoms with van der Waals surface area (Å²) >= 11 is 5.80. The lowest BCUT2D eigenvalue weighted by Gasteiger charge is -2.17. The Morgan fingerprint density at radius 3 is 2.44 bits per heavy atom. The lowest BCUT2D eigenvalue weighted by Crippen LogP contribution is -2.38. The Kier molecular flexibility index (Phi) is 5.73. The van der Waals surface area contributed by atoms with E-state index in [0.29, 0.717) is 10.6 Å². The van der Waals surface area contributed by atoms with E-state index in [1.165, 1.54) is 0 Å². The van der Waals surface area contributed by atoms with E-state index in [0.717, 1.165) is 6.07 Å². The first-order valence-corrected chi connectivity index (χ1v) is 7.79. The third-order valence-electron chi connectivity index (χ3n) is 2.86. The standard InChI is InChI=1S/C16H18ClF2N5O/c1-16(2,3)22-15(20-12-8-11(13(18)19)23-24-12)21-14(25)9-4-6-10(17)7-5-9/h4-8,13H,1-3H3,(H3,20,21,22,23,24,25). The highest BCUT2D eigenvalue weighted by atomic mass is 35.5. The minimum atomic E-state index is -2.67. The molecular formula is C16H18ClF2N5O. The summed E-state index contributed by atoms with van der Waals surface area (Å²) < 4.78 is 25.3. The Hall–Kier alpha value is -2.48. The van der Waals surface area contributed by atoms with Gasteiger partial charge in [0.25, 0.3) is 12.3 Å². The second-order valence-corrected chi connectivity index (χ2v) is 6.66. The van der Waals surface area contributed by atoms with Gasteiger partial charge in [-0.2, -0.15) is 5.10 Å². The van der Waals surface area contributed by atoms with Crippen LogP contribution in [0.25, 0.3) is 0 Å². The number of alkyl halides is 2. The fourth-order valence-electron chi connectivity index (χ4n) is 1.84. The van der Waals surface area contributed by atoms with Gasteiger partial charge in [-0.15, -0.1) is 0 Å². The third-order valence-corrected chi connectivity index (χ3v) is 3.12. The van der Waals surface area contributed by atoms with Crippen LogP contribution in [0.3, 0.4) is 0 Å². The van der Waals surface area contributed by atoms with Gasteiger partial charge >= 0.3 is 0 Å². The van der Waals surface area contributed by atoms with Gasteiger partial charge in [0.15, 0.2) is 5.82 Å². The maximum atomic E-state index is 12.6. The Labute approximate surface area is 148 Å². The molecule has 0 fully saturated rings. The number of rotatable bonds is 3. The summed E-state index contributed by atoms with van der Waals surface area (Å²) in [4.78, 5) is 16.7. The van der Waals surface area contributed by atoms with Gasteiger partial charge in [0, 0.05) is 16.7 Å². The molecule has 0 saturated heterocycles. The number of aromatic amines is 1. The van der Waals surface area contributed by atoms with Crippen molar-refractivity contribution >= 4 is 29.3 Å². The quantitative estimate of drug-likeness (QED) is 0.565.